The summed E-state index contributed by atoms with van der Waals surface area (Å²) in [5, 5.41) is 13.8. The Morgan fingerprint density at radius 2 is 1.81 bits per heavy atom. The molecule has 166 valence electrons. The van der Waals surface area contributed by atoms with E-state index in [1.807, 2.05) is 30.3 Å². The van der Waals surface area contributed by atoms with Crippen LogP contribution < -0.4 is 5.32 Å². The van der Waals surface area contributed by atoms with Gasteiger partial charge in [0.15, 0.2) is 0 Å². The molecule has 31 heavy (non-hydrogen) atoms. The van der Waals surface area contributed by atoms with E-state index in [1.165, 1.54) is 18.9 Å². The minimum Gasteiger partial charge on any atom is -0.391 e. The number of carbonyl (C=O) groups excluding carboxylic acids is 2. The van der Waals surface area contributed by atoms with Gasteiger partial charge in [-0.1, -0.05) is 30.3 Å². The van der Waals surface area contributed by atoms with Gasteiger partial charge in [-0.3, -0.25) is 9.59 Å². The second kappa shape index (κ2) is 9.56. The molecule has 0 aliphatic heterocycles. The van der Waals surface area contributed by atoms with Crippen LogP contribution in [0.25, 0.3) is 0 Å². The van der Waals surface area contributed by atoms with E-state index in [0.717, 1.165) is 23.8 Å². The fourth-order valence-corrected chi connectivity index (χ4v) is 4.46. The van der Waals surface area contributed by atoms with Crippen molar-refractivity contribution in [3.63, 3.8) is 0 Å². The number of rotatable bonds is 5. The molecule has 0 spiro atoms. The Kier molecular flexibility index (Phi) is 7.05. The van der Waals surface area contributed by atoms with Gasteiger partial charge in [0.25, 0.3) is 5.91 Å². The third-order valence-electron chi connectivity index (χ3n) is 6.32. The molecular formula is C24H28F2N2O3. The zero-order chi connectivity index (χ0) is 22.6. The van der Waals surface area contributed by atoms with Crippen LogP contribution in [0.3, 0.4) is 0 Å². The molecule has 7 heteroatoms. The van der Waals surface area contributed by atoms with Crippen LogP contribution in [0.2, 0.25) is 0 Å². The molecule has 1 aliphatic rings. The first-order valence-corrected chi connectivity index (χ1v) is 10.4. The molecule has 0 radical (unpaired) electrons. The molecule has 5 nitrogen and oxygen atoms in total. The molecule has 2 amide bonds. The lowest BCUT2D eigenvalue weighted by Crippen LogP contribution is -2.44. The Balaban J connectivity index is 1.85. The van der Waals surface area contributed by atoms with Gasteiger partial charge in [0.05, 0.1) is 17.7 Å². The predicted octanol–water partition coefficient (Wildman–Crippen LogP) is 3.41. The van der Waals surface area contributed by atoms with E-state index in [1.54, 1.807) is 0 Å². The minimum atomic E-state index is -0.825. The van der Waals surface area contributed by atoms with Gasteiger partial charge in [-0.2, -0.15) is 0 Å². The van der Waals surface area contributed by atoms with Crippen LogP contribution in [-0.2, 0) is 10.2 Å². The Bertz CT molecular complexity index is 938. The van der Waals surface area contributed by atoms with Crippen molar-refractivity contribution in [1.29, 1.82) is 0 Å². The van der Waals surface area contributed by atoms with E-state index < -0.39 is 35.1 Å². The summed E-state index contributed by atoms with van der Waals surface area (Å²) in [6.07, 6.45) is 1.26. The van der Waals surface area contributed by atoms with Crippen LogP contribution in [0.1, 0.15) is 48.5 Å². The number of aliphatic hydroxyl groups excluding tert-OH is 1. The normalized spacial score (nSPS) is 23.6. The van der Waals surface area contributed by atoms with Crippen molar-refractivity contribution in [1.82, 2.24) is 10.2 Å². The number of benzene rings is 2. The van der Waals surface area contributed by atoms with Gasteiger partial charge in [0.1, 0.15) is 11.6 Å². The first-order valence-electron chi connectivity index (χ1n) is 10.4. The van der Waals surface area contributed by atoms with Gasteiger partial charge in [0, 0.05) is 25.9 Å². The largest absolute Gasteiger partial charge is 0.391 e. The maximum Gasteiger partial charge on any atom is 0.257 e. The van der Waals surface area contributed by atoms with Gasteiger partial charge in [-0.05, 0) is 49.4 Å². The molecule has 3 rings (SSSR count). The van der Waals surface area contributed by atoms with Crippen molar-refractivity contribution in [3.05, 3.63) is 71.3 Å². The Morgan fingerprint density at radius 1 is 1.13 bits per heavy atom. The maximum absolute atomic E-state index is 14.1. The van der Waals surface area contributed by atoms with Crippen LogP contribution in [0.15, 0.2) is 48.5 Å². The molecular weight excluding hydrogens is 402 g/mol. The molecule has 1 aliphatic carbocycles. The average molecular weight is 430 g/mol. The fraction of sp³-hybridized carbons (Fsp3) is 0.417. The summed E-state index contributed by atoms with van der Waals surface area (Å²) < 4.78 is 27.7. The Morgan fingerprint density at radius 3 is 2.48 bits per heavy atom. The smallest absolute Gasteiger partial charge is 0.257 e. The molecule has 3 atom stereocenters. The SMILES string of the molecule is CC(=O)NC[C@]1(c2ccccc2)CC[C@H](O)[C@@H](N(C)C(=O)c2cc(F)ccc2F)CC1. The number of halogens is 2. The fourth-order valence-electron chi connectivity index (χ4n) is 4.46. The van der Waals surface area contributed by atoms with E-state index in [9.17, 15) is 23.5 Å². The average Bonchev–Trinajstić information content (AvgIpc) is 2.93. The van der Waals surface area contributed by atoms with Crippen LogP contribution >= 0.6 is 0 Å². The summed E-state index contributed by atoms with van der Waals surface area (Å²) in [5.74, 6) is -2.30. The minimum absolute atomic E-state index is 0.134. The van der Waals surface area contributed by atoms with Crippen molar-refractivity contribution >= 4 is 11.8 Å². The monoisotopic (exact) mass is 430 g/mol. The second-order valence-electron chi connectivity index (χ2n) is 8.31. The number of amides is 2. The predicted molar refractivity (Wildman–Crippen MR) is 114 cm³/mol. The first kappa shape index (κ1) is 22.9. The van der Waals surface area contributed by atoms with Crippen molar-refractivity contribution in [2.24, 2.45) is 0 Å². The van der Waals surface area contributed by atoms with Gasteiger partial charge in [-0.15, -0.1) is 0 Å². The summed E-state index contributed by atoms with van der Waals surface area (Å²) in [6, 6.07) is 12.0. The number of nitrogens with zero attached hydrogens (tertiary/aromatic N) is 1. The van der Waals surface area contributed by atoms with Crippen LogP contribution in [-0.4, -0.2) is 47.6 Å². The summed E-state index contributed by atoms with van der Waals surface area (Å²) in [4.78, 5) is 25.8. The van der Waals surface area contributed by atoms with E-state index in [2.05, 4.69) is 5.32 Å². The molecule has 0 saturated heterocycles. The number of nitrogens with one attached hydrogen (secondary N) is 1. The zero-order valence-corrected chi connectivity index (χ0v) is 17.8. The number of likely N-dealkylation sites (N-methyl/N-ethyl adjacent to an activating group) is 1. The van der Waals surface area contributed by atoms with Crippen molar-refractivity contribution in [2.45, 2.75) is 50.2 Å². The molecule has 2 aromatic rings. The van der Waals surface area contributed by atoms with Crippen molar-refractivity contribution < 1.29 is 23.5 Å². The lowest BCUT2D eigenvalue weighted by atomic mass is 9.74. The van der Waals surface area contributed by atoms with E-state index in [4.69, 9.17) is 0 Å². The molecule has 2 N–H and O–H groups in total. The third-order valence-corrected chi connectivity index (χ3v) is 6.32. The lowest BCUT2D eigenvalue weighted by Gasteiger charge is -2.34. The number of carbonyl (C=O) groups is 2. The highest BCUT2D eigenvalue weighted by Crippen LogP contribution is 2.39. The van der Waals surface area contributed by atoms with E-state index >= 15 is 0 Å². The molecule has 0 aromatic heterocycles. The third kappa shape index (κ3) is 5.10. The maximum atomic E-state index is 14.1. The standard InChI is InChI=1S/C24H28F2N2O3/c1-16(29)27-15-24(17-6-4-3-5-7-17)12-10-21(22(30)11-13-24)28(2)23(31)19-14-18(25)8-9-20(19)26/h3-9,14,21-22,30H,10-13,15H2,1-2H3,(H,27,29)/t21-,22-,24+/m0/s1. The number of hydrogen-bond acceptors (Lipinski definition) is 3. The summed E-state index contributed by atoms with van der Waals surface area (Å²) >= 11 is 0. The van der Waals surface area contributed by atoms with E-state index in [0.29, 0.717) is 32.2 Å². The van der Waals surface area contributed by atoms with Gasteiger partial charge >= 0.3 is 0 Å². The van der Waals surface area contributed by atoms with E-state index in [-0.39, 0.29) is 11.5 Å². The van der Waals surface area contributed by atoms with Gasteiger partial charge < -0.3 is 15.3 Å². The molecule has 0 unspecified atom stereocenters. The van der Waals surface area contributed by atoms with Gasteiger partial charge in [-0.25, -0.2) is 8.78 Å². The van der Waals surface area contributed by atoms with Crippen molar-refractivity contribution in [2.75, 3.05) is 13.6 Å². The topological polar surface area (TPSA) is 69.6 Å². The highest BCUT2D eigenvalue weighted by atomic mass is 19.1. The van der Waals surface area contributed by atoms with Crippen LogP contribution in [0.5, 0.6) is 0 Å². The molecule has 0 bridgehead atoms. The molecule has 0 heterocycles. The van der Waals surface area contributed by atoms with Gasteiger partial charge in [0.2, 0.25) is 5.91 Å². The second-order valence-corrected chi connectivity index (χ2v) is 8.31. The summed E-state index contributed by atoms with van der Waals surface area (Å²) in [7, 11) is 1.50. The Hall–Kier alpha value is -2.80. The molecule has 2 aromatic carbocycles. The Labute approximate surface area is 181 Å². The van der Waals surface area contributed by atoms with Crippen molar-refractivity contribution in [3.8, 4) is 0 Å². The van der Waals surface area contributed by atoms with Crippen LogP contribution in [0, 0.1) is 11.6 Å². The first-order chi connectivity index (χ1) is 14.7. The highest BCUT2D eigenvalue weighted by Gasteiger charge is 2.40. The molecule has 1 fully saturated rings. The number of aliphatic hydroxyl groups is 1. The zero-order valence-electron chi connectivity index (χ0n) is 17.8. The highest BCUT2D eigenvalue weighted by molar-refractivity contribution is 5.94. The summed E-state index contributed by atoms with van der Waals surface area (Å²) in [6.45, 7) is 1.88. The lowest BCUT2D eigenvalue weighted by molar-refractivity contribution is -0.119. The van der Waals surface area contributed by atoms with Crippen LogP contribution in [0.4, 0.5) is 8.78 Å². The summed E-state index contributed by atoms with van der Waals surface area (Å²) in [5.41, 5.74) is 0.310. The quantitative estimate of drug-likeness (QED) is 0.715. The number of hydrogen-bond donors (Lipinski definition) is 2. The molecule has 1 saturated carbocycles.